The van der Waals surface area contributed by atoms with E-state index in [1.165, 1.54) is 0 Å². The Morgan fingerprint density at radius 2 is 1.30 bits per heavy atom. The van der Waals surface area contributed by atoms with E-state index < -0.39 is 39.8 Å². The van der Waals surface area contributed by atoms with Crippen LogP contribution < -0.4 is 18.9 Å². The molecular weight excluding hydrogens is 368 g/mol. The third-order valence-corrected chi connectivity index (χ3v) is 2.52. The Bertz CT molecular complexity index is 484. The van der Waals surface area contributed by atoms with E-state index in [4.69, 9.17) is 0 Å². The van der Waals surface area contributed by atoms with Crippen molar-refractivity contribution in [3.8, 4) is 0 Å². The third-order valence-electron chi connectivity index (χ3n) is 2.00. The van der Waals surface area contributed by atoms with Gasteiger partial charge in [0, 0.05) is 10.4 Å². The number of hydrogen-bond donors (Lipinski definition) is 0. The van der Waals surface area contributed by atoms with Crippen LogP contribution in [0.1, 0.15) is 5.56 Å². The normalized spacial score (nSPS) is 13.1. The monoisotopic (exact) mass is 367 g/mol. The second-order valence-electron chi connectivity index (χ2n) is 3.17. The average Bonchev–Trinajstić information content (AvgIpc) is 2.20. The summed E-state index contributed by atoms with van der Waals surface area (Å²) in [4.78, 5) is 2.66. The Hall–Kier alpha value is -0.403. The Morgan fingerprint density at radius 3 is 1.65 bits per heavy atom. The zero-order valence-corrected chi connectivity index (χ0v) is 10.8. The van der Waals surface area contributed by atoms with Crippen molar-refractivity contribution >= 4 is 15.9 Å². The van der Waals surface area contributed by atoms with Gasteiger partial charge in [-0.2, -0.15) is 26.3 Å². The fourth-order valence-electron chi connectivity index (χ4n) is 1.15. The molecule has 0 radical (unpaired) electrons. The smallest absolute Gasteiger partial charge is 0.374 e. The van der Waals surface area contributed by atoms with Crippen LogP contribution in [0.2, 0.25) is 0 Å². The predicted molar refractivity (Wildman–Crippen MR) is 45.6 cm³/mol. The van der Waals surface area contributed by atoms with Crippen LogP contribution in [0.5, 0.6) is 0 Å². The van der Waals surface area contributed by atoms with Gasteiger partial charge in [-0.05, 0) is 11.8 Å². The summed E-state index contributed by atoms with van der Waals surface area (Å²) in [6.07, 6.45) is -12.2. The molecule has 0 amide bonds. The number of pyridine rings is 1. The second-order valence-corrected chi connectivity index (χ2v) is 3.92. The first-order valence-electron chi connectivity index (χ1n) is 4.09. The molecule has 0 unspecified atom stereocenters. The van der Waals surface area contributed by atoms with Gasteiger partial charge in [-0.15, -0.1) is 15.9 Å². The van der Waals surface area contributed by atoms with E-state index in [9.17, 15) is 39.5 Å². The number of halogens is 10. The largest absolute Gasteiger partial charge is 1.00 e. The van der Waals surface area contributed by atoms with Crippen LogP contribution in [0.4, 0.5) is 39.5 Å². The van der Waals surface area contributed by atoms with Gasteiger partial charge in [-0.3, -0.25) is 0 Å². The number of hydrogen-bond acceptors (Lipinski definition) is 1. The molecule has 1 heterocycles. The fourth-order valence-corrected chi connectivity index (χ4v) is 1.44. The SMILES string of the molecule is Fc1[c-]nc(Br)c(F)c1C(F)(C(F)(F)F)C(F)(F)F.[Li+]. The molecular formula is C8BrF9LiN. The molecule has 1 aromatic rings. The maximum atomic E-state index is 13.4. The van der Waals surface area contributed by atoms with Gasteiger partial charge in [0.15, 0.2) is 0 Å². The van der Waals surface area contributed by atoms with Crippen LogP contribution in [0.3, 0.4) is 0 Å². The van der Waals surface area contributed by atoms with Gasteiger partial charge in [0.2, 0.25) is 0 Å². The van der Waals surface area contributed by atoms with Gasteiger partial charge in [0.05, 0.1) is 5.82 Å². The molecule has 0 saturated carbocycles. The van der Waals surface area contributed by atoms with Crippen molar-refractivity contribution in [2.24, 2.45) is 0 Å². The van der Waals surface area contributed by atoms with E-state index in [-0.39, 0.29) is 18.9 Å². The molecule has 0 aliphatic heterocycles. The summed E-state index contributed by atoms with van der Waals surface area (Å²) in [5.41, 5.74) is -9.08. The topological polar surface area (TPSA) is 12.9 Å². The molecule has 0 saturated heterocycles. The molecule has 0 aliphatic rings. The molecule has 0 aromatic carbocycles. The average molecular weight is 368 g/mol. The molecule has 0 aliphatic carbocycles. The minimum absolute atomic E-state index is 0. The molecule has 0 atom stereocenters. The van der Waals surface area contributed by atoms with Gasteiger partial charge in [0.1, 0.15) is 0 Å². The molecule has 1 aromatic heterocycles. The van der Waals surface area contributed by atoms with Crippen molar-refractivity contribution in [2.75, 3.05) is 0 Å². The Labute approximate surface area is 125 Å². The summed E-state index contributed by atoms with van der Waals surface area (Å²) in [7, 11) is 0. The minimum atomic E-state index is -6.62. The van der Waals surface area contributed by atoms with E-state index >= 15 is 0 Å². The molecule has 12 heteroatoms. The first kappa shape index (κ1) is 19.6. The molecule has 20 heavy (non-hydrogen) atoms. The van der Waals surface area contributed by atoms with Gasteiger partial charge < -0.3 is 4.98 Å². The molecule has 1 rings (SSSR count). The summed E-state index contributed by atoms with van der Waals surface area (Å²) in [5.74, 6) is -4.98. The Morgan fingerprint density at radius 1 is 0.900 bits per heavy atom. The summed E-state index contributed by atoms with van der Waals surface area (Å²) in [6.45, 7) is 0. The first-order valence-corrected chi connectivity index (χ1v) is 4.88. The second kappa shape index (κ2) is 5.77. The molecule has 0 spiro atoms. The molecule has 108 valence electrons. The van der Waals surface area contributed by atoms with E-state index in [0.717, 1.165) is 6.20 Å². The molecule has 0 fully saturated rings. The van der Waals surface area contributed by atoms with Crippen LogP contribution in [0.15, 0.2) is 4.60 Å². The van der Waals surface area contributed by atoms with Crippen LogP contribution in [0.25, 0.3) is 0 Å². The standard InChI is InChI=1S/C8BrF9N.Li/c9-5-4(11)3(2(10)1-19-5)6(12,7(13,14)15)8(16,17)18;/q-1;+1. The van der Waals surface area contributed by atoms with Crippen molar-refractivity contribution in [2.45, 2.75) is 18.0 Å². The van der Waals surface area contributed by atoms with Crippen molar-refractivity contribution in [3.05, 3.63) is 28.0 Å². The van der Waals surface area contributed by atoms with E-state index in [2.05, 4.69) is 20.9 Å². The Kier molecular flexibility index (Phi) is 5.65. The fraction of sp³-hybridized carbons (Fsp3) is 0.375. The minimum Gasteiger partial charge on any atom is -0.374 e. The van der Waals surface area contributed by atoms with Crippen molar-refractivity contribution < 1.29 is 58.4 Å². The van der Waals surface area contributed by atoms with E-state index in [1.54, 1.807) is 0 Å². The number of aromatic nitrogens is 1. The van der Waals surface area contributed by atoms with Crippen LogP contribution >= 0.6 is 15.9 Å². The quantitative estimate of drug-likeness (QED) is 0.315. The van der Waals surface area contributed by atoms with Crippen LogP contribution in [0, 0.1) is 17.8 Å². The summed E-state index contributed by atoms with van der Waals surface area (Å²) >= 11 is 2.12. The predicted octanol–water partition coefficient (Wildman–Crippen LogP) is 1.22. The van der Waals surface area contributed by atoms with Crippen molar-refractivity contribution in [3.63, 3.8) is 0 Å². The van der Waals surface area contributed by atoms with Crippen LogP contribution in [-0.4, -0.2) is 17.3 Å². The number of nitrogens with zero attached hydrogens (tertiary/aromatic N) is 1. The Balaban J connectivity index is 0.00000361. The molecule has 1 nitrogen and oxygen atoms in total. The molecule has 0 N–H and O–H groups in total. The summed E-state index contributed by atoms with van der Waals surface area (Å²) < 4.78 is 112. The number of alkyl halides is 7. The maximum Gasteiger partial charge on any atom is 1.00 e. The van der Waals surface area contributed by atoms with Crippen molar-refractivity contribution in [1.82, 2.24) is 4.98 Å². The van der Waals surface area contributed by atoms with Gasteiger partial charge >= 0.3 is 31.2 Å². The van der Waals surface area contributed by atoms with Crippen molar-refractivity contribution in [1.29, 1.82) is 0 Å². The van der Waals surface area contributed by atoms with Gasteiger partial charge in [0.25, 0.3) is 5.67 Å². The van der Waals surface area contributed by atoms with E-state index in [0.29, 0.717) is 0 Å². The van der Waals surface area contributed by atoms with Gasteiger partial charge in [-0.25, -0.2) is 13.2 Å². The number of rotatable bonds is 1. The zero-order chi connectivity index (χ0) is 15.2. The molecule has 0 bridgehead atoms. The third kappa shape index (κ3) is 2.94. The van der Waals surface area contributed by atoms with E-state index in [1.807, 2.05) is 0 Å². The maximum absolute atomic E-state index is 13.4. The summed E-state index contributed by atoms with van der Waals surface area (Å²) in [6, 6.07) is 0. The first-order chi connectivity index (χ1) is 8.34. The zero-order valence-electron chi connectivity index (χ0n) is 9.23. The van der Waals surface area contributed by atoms with Crippen LogP contribution in [-0.2, 0) is 5.67 Å². The summed E-state index contributed by atoms with van der Waals surface area (Å²) in [5, 5.41) is 0. The van der Waals surface area contributed by atoms with Gasteiger partial charge in [-0.1, -0.05) is 0 Å².